The van der Waals surface area contributed by atoms with E-state index >= 15 is 0 Å². The molecule has 1 aromatic carbocycles. The lowest BCUT2D eigenvalue weighted by molar-refractivity contribution is -0.143. The first-order chi connectivity index (χ1) is 12.4. The zero-order valence-corrected chi connectivity index (χ0v) is 14.4. The van der Waals surface area contributed by atoms with Crippen LogP contribution in [-0.2, 0) is 10.9 Å². The van der Waals surface area contributed by atoms with Crippen molar-refractivity contribution in [2.75, 3.05) is 6.61 Å². The molecule has 0 radical (unpaired) electrons. The van der Waals surface area contributed by atoms with E-state index in [-0.39, 0.29) is 12.3 Å². The molecule has 26 heavy (non-hydrogen) atoms. The third-order valence-electron chi connectivity index (χ3n) is 3.29. The first-order valence-electron chi connectivity index (χ1n) is 7.96. The Kier molecular flexibility index (Phi) is 5.91. The van der Waals surface area contributed by atoms with Crippen molar-refractivity contribution < 1.29 is 22.7 Å². The quantitative estimate of drug-likeness (QED) is 0.655. The molecule has 3 rings (SSSR count). The minimum Gasteiger partial charge on any atom is -0.462 e. The van der Waals surface area contributed by atoms with E-state index in [1.807, 2.05) is 13.8 Å². The topological polar surface area (TPSA) is 69.9 Å². The lowest BCUT2D eigenvalue weighted by atomic mass is 10.2. The number of alkyl halides is 3. The fraction of sp³-hybridized carbons (Fsp3) is 0.294. The average Bonchev–Trinajstić information content (AvgIpc) is 3.08. The van der Waals surface area contributed by atoms with Crippen LogP contribution in [0.4, 0.5) is 13.2 Å². The average molecular weight is 366 g/mol. The van der Waals surface area contributed by atoms with Crippen molar-refractivity contribution in [1.82, 2.24) is 20.0 Å². The smallest absolute Gasteiger partial charge is 0.434 e. The summed E-state index contributed by atoms with van der Waals surface area (Å²) in [5.41, 5.74) is -1.37. The van der Waals surface area contributed by atoms with Gasteiger partial charge in [-0.15, -0.1) is 0 Å². The number of hydrogen-bond acceptors (Lipinski definition) is 5. The van der Waals surface area contributed by atoms with Crippen LogP contribution in [0.15, 0.2) is 36.7 Å². The number of carbonyl (C=O) groups excluding carboxylic acids is 1. The predicted molar refractivity (Wildman–Crippen MR) is 89.0 cm³/mol. The van der Waals surface area contributed by atoms with Gasteiger partial charge >= 0.3 is 12.1 Å². The van der Waals surface area contributed by atoms with E-state index in [2.05, 4.69) is 20.0 Å². The summed E-state index contributed by atoms with van der Waals surface area (Å²) in [6, 6.07) is 6.58. The van der Waals surface area contributed by atoms with E-state index in [9.17, 15) is 18.0 Å². The number of benzene rings is 1. The molecule has 0 fully saturated rings. The van der Waals surface area contributed by atoms with Gasteiger partial charge in [0.1, 0.15) is 5.56 Å². The molecule has 3 aromatic rings. The van der Waals surface area contributed by atoms with Crippen LogP contribution in [0.5, 0.6) is 0 Å². The van der Waals surface area contributed by atoms with Crippen LogP contribution < -0.4 is 0 Å². The Balaban J connectivity index is 0.00000117. The largest absolute Gasteiger partial charge is 0.462 e. The van der Waals surface area contributed by atoms with Crippen molar-refractivity contribution in [2.24, 2.45) is 0 Å². The minimum atomic E-state index is -4.80. The van der Waals surface area contributed by atoms with E-state index < -0.39 is 23.4 Å². The fourth-order valence-corrected chi connectivity index (χ4v) is 2.32. The molecule has 0 saturated heterocycles. The molecule has 0 bridgehead atoms. The lowest BCUT2D eigenvalue weighted by Crippen LogP contribution is -2.18. The van der Waals surface area contributed by atoms with Crippen molar-refractivity contribution in [3.63, 3.8) is 0 Å². The predicted octanol–water partition coefficient (Wildman–Crippen LogP) is 4.04. The normalized spacial score (nSPS) is 11.0. The van der Waals surface area contributed by atoms with Crippen LogP contribution in [0.2, 0.25) is 0 Å². The number of halogens is 3. The summed E-state index contributed by atoms with van der Waals surface area (Å²) in [6.07, 6.45) is -2.79. The fourth-order valence-electron chi connectivity index (χ4n) is 2.32. The first kappa shape index (κ1) is 19.4. The molecule has 9 heteroatoms. The van der Waals surface area contributed by atoms with Crippen molar-refractivity contribution in [3.05, 3.63) is 47.9 Å². The highest BCUT2D eigenvalue weighted by Gasteiger charge is 2.41. The van der Waals surface area contributed by atoms with Gasteiger partial charge in [0.25, 0.3) is 0 Å². The van der Waals surface area contributed by atoms with Gasteiger partial charge in [-0.2, -0.15) is 28.5 Å². The number of aromatic nitrogens is 4. The summed E-state index contributed by atoms with van der Waals surface area (Å²) < 4.78 is 45.9. The van der Waals surface area contributed by atoms with Gasteiger partial charge in [-0.05, 0) is 13.0 Å². The number of esters is 1. The van der Waals surface area contributed by atoms with Crippen molar-refractivity contribution in [1.29, 1.82) is 0 Å². The first-order valence-corrected chi connectivity index (χ1v) is 7.96. The maximum absolute atomic E-state index is 13.5. The van der Waals surface area contributed by atoms with Gasteiger partial charge in [0.15, 0.2) is 5.69 Å². The van der Waals surface area contributed by atoms with Gasteiger partial charge in [-0.25, -0.2) is 9.48 Å². The SMILES string of the molecule is CC.CCOC(=O)c1cnn(-c2cnnc3ccccc23)c1C(F)(F)F. The van der Waals surface area contributed by atoms with E-state index in [1.54, 1.807) is 24.3 Å². The molecular formula is C17H17F3N4O2. The summed E-state index contributed by atoms with van der Waals surface area (Å²) in [7, 11) is 0. The maximum Gasteiger partial charge on any atom is 0.434 e. The highest BCUT2D eigenvalue weighted by atomic mass is 19.4. The van der Waals surface area contributed by atoms with Crippen molar-refractivity contribution in [2.45, 2.75) is 26.9 Å². The second kappa shape index (κ2) is 7.94. The zero-order chi connectivity index (χ0) is 19.3. The number of fused-ring (bicyclic) bond motifs is 1. The molecule has 0 N–H and O–H groups in total. The third-order valence-corrected chi connectivity index (χ3v) is 3.29. The molecule has 0 unspecified atom stereocenters. The van der Waals surface area contributed by atoms with Crippen LogP contribution >= 0.6 is 0 Å². The standard InChI is InChI=1S/C15H11F3N4O2.C2H6/c1-2-24-14(23)10-7-20-22(13(10)15(16,17)18)12-8-19-21-11-6-4-3-5-9(11)12;1-2/h3-8H,2H2,1H3;1-2H3. The Morgan fingerprint density at radius 2 is 1.88 bits per heavy atom. The van der Waals surface area contributed by atoms with E-state index in [0.29, 0.717) is 15.6 Å². The van der Waals surface area contributed by atoms with Crippen LogP contribution in [0.1, 0.15) is 36.8 Å². The Hall–Kier alpha value is -2.97. The number of carbonyl (C=O) groups is 1. The molecule has 0 aliphatic rings. The Morgan fingerprint density at radius 3 is 2.54 bits per heavy atom. The summed E-state index contributed by atoms with van der Waals surface area (Å²) >= 11 is 0. The van der Waals surface area contributed by atoms with Gasteiger partial charge in [0.05, 0.1) is 30.2 Å². The van der Waals surface area contributed by atoms with Gasteiger partial charge < -0.3 is 4.74 Å². The molecule has 0 atom stereocenters. The minimum absolute atomic E-state index is 0.0406. The summed E-state index contributed by atoms with van der Waals surface area (Å²) in [4.78, 5) is 11.8. The van der Waals surface area contributed by atoms with Crippen molar-refractivity contribution >= 4 is 16.9 Å². The van der Waals surface area contributed by atoms with Crippen LogP contribution in [0, 0.1) is 0 Å². The van der Waals surface area contributed by atoms with Gasteiger partial charge in [-0.3, -0.25) is 0 Å². The van der Waals surface area contributed by atoms with E-state index in [0.717, 1.165) is 6.20 Å². The zero-order valence-electron chi connectivity index (χ0n) is 14.4. The summed E-state index contributed by atoms with van der Waals surface area (Å²) in [5.74, 6) is -1.08. The summed E-state index contributed by atoms with van der Waals surface area (Å²) in [5, 5.41) is 11.7. The molecule has 138 valence electrons. The molecule has 0 saturated carbocycles. The lowest BCUT2D eigenvalue weighted by Gasteiger charge is -2.13. The third kappa shape index (κ3) is 3.66. The molecule has 2 heterocycles. The molecule has 6 nitrogen and oxygen atoms in total. The highest BCUT2D eigenvalue weighted by molar-refractivity contribution is 5.92. The van der Waals surface area contributed by atoms with Gasteiger partial charge in [0, 0.05) is 5.39 Å². The highest BCUT2D eigenvalue weighted by Crippen LogP contribution is 2.35. The van der Waals surface area contributed by atoms with Gasteiger partial charge in [0.2, 0.25) is 0 Å². The molecule has 0 aliphatic heterocycles. The Bertz CT molecular complexity index is 901. The maximum atomic E-state index is 13.5. The Morgan fingerprint density at radius 1 is 1.19 bits per heavy atom. The van der Waals surface area contributed by atoms with Crippen LogP contribution in [0.3, 0.4) is 0 Å². The van der Waals surface area contributed by atoms with E-state index in [1.165, 1.54) is 13.1 Å². The molecule has 0 aliphatic carbocycles. The molecule has 0 spiro atoms. The number of ether oxygens (including phenoxy) is 1. The van der Waals surface area contributed by atoms with Crippen molar-refractivity contribution in [3.8, 4) is 5.69 Å². The van der Waals surface area contributed by atoms with Crippen LogP contribution in [0.25, 0.3) is 16.6 Å². The molecular weight excluding hydrogens is 349 g/mol. The number of rotatable bonds is 3. The molecule has 0 amide bonds. The monoisotopic (exact) mass is 366 g/mol. The van der Waals surface area contributed by atoms with E-state index in [4.69, 9.17) is 0 Å². The van der Waals surface area contributed by atoms with Crippen LogP contribution in [-0.4, -0.2) is 32.6 Å². The Labute approximate surface area is 147 Å². The second-order valence-electron chi connectivity index (χ2n) is 4.78. The number of hydrogen-bond donors (Lipinski definition) is 0. The molecule has 2 aromatic heterocycles. The number of nitrogens with zero attached hydrogens (tertiary/aromatic N) is 4. The second-order valence-corrected chi connectivity index (χ2v) is 4.78. The van der Waals surface area contributed by atoms with Gasteiger partial charge in [-0.1, -0.05) is 32.0 Å². The summed E-state index contributed by atoms with van der Waals surface area (Å²) in [6.45, 7) is 5.47.